The Morgan fingerprint density at radius 1 is 0.406 bits per heavy atom. The highest BCUT2D eigenvalue weighted by atomic mass is 28.4. The molecule has 0 aliphatic rings. The zero-order valence-corrected chi connectivity index (χ0v) is 48.6. The van der Waals surface area contributed by atoms with Gasteiger partial charge in [0, 0.05) is 6.61 Å². The van der Waals surface area contributed by atoms with Gasteiger partial charge in [-0.05, 0) is 110 Å². The Labute approximate surface area is 419 Å². The molecule has 2 unspecified atom stereocenters. The van der Waals surface area contributed by atoms with Crippen LogP contribution in [-0.4, -0.2) is 29.8 Å². The summed E-state index contributed by atoms with van der Waals surface area (Å²) in [5.41, 5.74) is 1.75. The maximum absolute atomic E-state index is 6.77. The Morgan fingerprint density at radius 2 is 0.688 bits per heavy atom. The summed E-state index contributed by atoms with van der Waals surface area (Å²) in [5.74, 6) is 3.64. The highest BCUT2D eigenvalue weighted by Gasteiger charge is 2.35. The van der Waals surface area contributed by atoms with Crippen molar-refractivity contribution in [3.8, 4) is 0 Å². The summed E-state index contributed by atoms with van der Waals surface area (Å²) in [5, 5.41) is 0. The predicted octanol–water partition coefficient (Wildman–Crippen LogP) is 24.2. The van der Waals surface area contributed by atoms with Gasteiger partial charge in [-0.2, -0.15) is 0 Å². The lowest BCUT2D eigenvalue weighted by atomic mass is 9.78. The summed E-state index contributed by atoms with van der Waals surface area (Å²) in [6.07, 6.45) is 26.4. The van der Waals surface area contributed by atoms with Gasteiger partial charge in [-0.3, -0.25) is 0 Å². The Balaban J connectivity index is -0.0000000723. The summed E-state index contributed by atoms with van der Waals surface area (Å²) in [6, 6.07) is 2.69. The summed E-state index contributed by atoms with van der Waals surface area (Å²) >= 11 is 0. The van der Waals surface area contributed by atoms with Gasteiger partial charge in [-0.15, -0.1) is 0 Å². The van der Waals surface area contributed by atoms with Crippen molar-refractivity contribution in [2.45, 2.75) is 342 Å². The van der Waals surface area contributed by atoms with Gasteiger partial charge in [0.1, 0.15) is 0 Å². The Morgan fingerprint density at radius 3 is 0.859 bits per heavy atom. The van der Waals surface area contributed by atoms with Crippen LogP contribution in [0.3, 0.4) is 0 Å². The van der Waals surface area contributed by atoms with E-state index in [1.54, 1.807) is 0 Å². The van der Waals surface area contributed by atoms with Gasteiger partial charge >= 0.3 is 0 Å². The third-order valence-corrected chi connectivity index (χ3v) is 22.9. The molecule has 0 aromatic rings. The van der Waals surface area contributed by atoms with Gasteiger partial charge in [-0.25, -0.2) is 0 Å². The Bertz CT molecular complexity index is 751. The van der Waals surface area contributed by atoms with Crippen LogP contribution in [0.1, 0.15) is 304 Å². The van der Waals surface area contributed by atoms with Crippen molar-refractivity contribution < 1.29 is 8.85 Å². The molecular weight excluding hydrogens is 809 g/mol. The number of ether oxygens (including phenoxy) is 1. The molecule has 0 aliphatic heterocycles. The van der Waals surface area contributed by atoms with Gasteiger partial charge < -0.3 is 8.85 Å². The van der Waals surface area contributed by atoms with Crippen LogP contribution in [0.25, 0.3) is 0 Å². The molecule has 0 heterocycles. The predicted molar refractivity (Wildman–Crippen MR) is 317 cm³/mol. The third kappa shape index (κ3) is 47.4. The molecule has 0 fully saturated rings. The van der Waals surface area contributed by atoms with Crippen LogP contribution >= 0.6 is 0 Å². The molecule has 0 spiro atoms. The molecular formula is C60H144O2Si2. The Kier molecular flexibility index (Phi) is 72.0. The fraction of sp³-hybridized carbons (Fsp3) is 1.00. The van der Waals surface area contributed by atoms with E-state index < -0.39 is 16.6 Å². The van der Waals surface area contributed by atoms with Crippen LogP contribution in [0, 0.1) is 39.9 Å². The number of rotatable bonds is 30. The van der Waals surface area contributed by atoms with Crippen LogP contribution in [0.2, 0.25) is 38.3 Å². The van der Waals surface area contributed by atoms with E-state index in [1.807, 2.05) is 0 Å². The molecule has 2 atom stereocenters. The largest absolute Gasteiger partial charge is 0.455 e. The van der Waals surface area contributed by atoms with E-state index in [9.17, 15) is 0 Å². The minimum Gasteiger partial charge on any atom is -0.455 e. The number of hydrogen-bond acceptors (Lipinski definition) is 2. The third-order valence-electron chi connectivity index (χ3n) is 15.4. The molecule has 0 aromatic heterocycles. The van der Waals surface area contributed by atoms with Gasteiger partial charge in [0.05, 0.1) is 6.61 Å². The fourth-order valence-electron chi connectivity index (χ4n) is 9.02. The smallest absolute Gasteiger partial charge is 0.173 e. The van der Waals surface area contributed by atoms with Crippen LogP contribution in [0.15, 0.2) is 0 Å². The lowest BCUT2D eigenvalue weighted by molar-refractivity contribution is 0.0356. The highest BCUT2D eigenvalue weighted by molar-refractivity contribution is 6.84. The lowest BCUT2D eigenvalue weighted by Gasteiger charge is -2.37. The SMILES string of the molecule is C.C.C.C.C.CCC(C)(CC)CC.CCC(CC)(CC)CC.CCC(CC)C[Si](C)(C)O[Si](C)(C)CC(CC)CC.CCCC(C)CC(C)CCC.CCCOCC(CC)(CC)CC. The molecule has 0 bridgehead atoms. The standard InChI is InChI=1S/C16H38OSi2.C11H24O.C11H24.C9H20.C8H18.5CH4/c1-9-15(10-2)13-18(5,6)17-19(7,8)14-16(11-3)12-4;1-5-9-12-10-11(6-2,7-3)8-4;1-5-7-10(3)9-11(4)8-6-2;1-5-9(6-2,7-3)8-4;1-5-8(4,6-2)7-3;;;;;/h15-16H,9-14H2,1-8H3;5-10H2,1-4H3;10-11H,5-9H2,1-4H3;5-8H2,1-4H3;5-7H2,1-4H3;5*1H4. The number of hydrogen-bond donors (Lipinski definition) is 0. The van der Waals surface area contributed by atoms with Crippen molar-refractivity contribution in [2.24, 2.45) is 39.9 Å². The second kappa shape index (κ2) is 52.7. The molecule has 0 saturated carbocycles. The van der Waals surface area contributed by atoms with E-state index in [1.165, 1.54) is 134 Å². The molecule has 64 heavy (non-hydrogen) atoms. The van der Waals surface area contributed by atoms with E-state index in [-0.39, 0.29) is 37.1 Å². The van der Waals surface area contributed by atoms with Crippen LogP contribution in [-0.2, 0) is 8.85 Å². The minimum absolute atomic E-state index is 0. The zero-order chi connectivity index (χ0) is 47.2. The first-order valence-corrected chi connectivity index (χ1v) is 33.1. The summed E-state index contributed by atoms with van der Waals surface area (Å²) in [4.78, 5) is 0. The molecule has 0 saturated heterocycles. The average Bonchev–Trinajstić information content (AvgIpc) is 3.22. The monoisotopic (exact) mass is 953 g/mol. The molecule has 0 N–H and O–H groups in total. The van der Waals surface area contributed by atoms with Crippen molar-refractivity contribution in [3.05, 3.63) is 0 Å². The molecule has 0 aromatic carbocycles. The molecule has 4 heteroatoms. The van der Waals surface area contributed by atoms with Crippen molar-refractivity contribution in [3.63, 3.8) is 0 Å². The topological polar surface area (TPSA) is 18.5 Å². The second-order valence-corrected chi connectivity index (χ2v) is 29.5. The molecule has 0 amide bonds. The second-order valence-electron chi connectivity index (χ2n) is 20.8. The molecule has 0 rings (SSSR count). The quantitative estimate of drug-likeness (QED) is 0.0528. The fourth-order valence-corrected chi connectivity index (χ4v) is 19.6. The van der Waals surface area contributed by atoms with Crippen LogP contribution in [0.4, 0.5) is 0 Å². The van der Waals surface area contributed by atoms with Crippen molar-refractivity contribution in [2.75, 3.05) is 13.2 Å². The molecule has 2 nitrogen and oxygen atoms in total. The van der Waals surface area contributed by atoms with Gasteiger partial charge in [0.15, 0.2) is 16.6 Å². The Hall–Kier alpha value is 0.354. The molecule has 0 radical (unpaired) electrons. The zero-order valence-electron chi connectivity index (χ0n) is 46.6. The van der Waals surface area contributed by atoms with Crippen molar-refractivity contribution in [1.82, 2.24) is 0 Å². The van der Waals surface area contributed by atoms with E-state index in [4.69, 9.17) is 8.85 Å². The summed E-state index contributed by atoms with van der Waals surface area (Å²) in [6.45, 7) is 57.6. The van der Waals surface area contributed by atoms with E-state index in [0.717, 1.165) is 43.3 Å². The van der Waals surface area contributed by atoms with Gasteiger partial charge in [-0.1, -0.05) is 272 Å². The first-order valence-electron chi connectivity index (χ1n) is 26.8. The van der Waals surface area contributed by atoms with Gasteiger partial charge in [0.2, 0.25) is 0 Å². The maximum Gasteiger partial charge on any atom is 0.173 e. The summed E-state index contributed by atoms with van der Waals surface area (Å²) < 4.78 is 12.4. The van der Waals surface area contributed by atoms with E-state index in [0.29, 0.717) is 16.2 Å². The van der Waals surface area contributed by atoms with Gasteiger partial charge in [0.25, 0.3) is 0 Å². The van der Waals surface area contributed by atoms with Crippen molar-refractivity contribution in [1.29, 1.82) is 0 Å². The van der Waals surface area contributed by atoms with Crippen LogP contribution < -0.4 is 0 Å². The molecule has 404 valence electrons. The van der Waals surface area contributed by atoms with E-state index in [2.05, 4.69) is 165 Å². The average molecular weight is 954 g/mol. The normalized spacial score (nSPS) is 12.3. The first-order chi connectivity index (χ1) is 27.6. The minimum atomic E-state index is -1.47. The van der Waals surface area contributed by atoms with Crippen molar-refractivity contribution >= 4 is 16.6 Å². The van der Waals surface area contributed by atoms with E-state index >= 15 is 0 Å². The molecule has 0 aliphatic carbocycles. The van der Waals surface area contributed by atoms with Crippen LogP contribution in [0.5, 0.6) is 0 Å². The lowest BCUT2D eigenvalue weighted by Crippen LogP contribution is -2.46. The first kappa shape index (κ1) is 87.4. The summed E-state index contributed by atoms with van der Waals surface area (Å²) in [7, 11) is -2.95. The highest BCUT2D eigenvalue weighted by Crippen LogP contribution is 2.34. The maximum atomic E-state index is 6.77.